The van der Waals surface area contributed by atoms with Crippen molar-refractivity contribution in [2.45, 2.75) is 31.3 Å². The van der Waals surface area contributed by atoms with Gasteiger partial charge in [-0.25, -0.2) is 0 Å². The molecular formula is C19H23NO2. The molecule has 0 saturated heterocycles. The molecule has 1 saturated carbocycles. The van der Waals surface area contributed by atoms with Gasteiger partial charge in [0, 0.05) is 18.0 Å². The summed E-state index contributed by atoms with van der Waals surface area (Å²) in [6, 6.07) is 17.7. The molecule has 3 atom stereocenters. The van der Waals surface area contributed by atoms with Gasteiger partial charge < -0.3 is 14.8 Å². The zero-order chi connectivity index (χ0) is 15.5. The van der Waals surface area contributed by atoms with Gasteiger partial charge in [0.25, 0.3) is 0 Å². The molecule has 0 amide bonds. The largest absolute Gasteiger partial charge is 0.493 e. The number of hydrogen-bond donors (Lipinski definition) is 1. The van der Waals surface area contributed by atoms with Crippen LogP contribution in [-0.4, -0.2) is 20.3 Å². The molecule has 1 aliphatic rings. The first kappa shape index (κ1) is 14.9. The standard InChI is InChI=1S/C19H23NO2/c1-13(15-9-10-18(21-2)19(11-15)22-3)20-17-12-16(17)14-7-5-4-6-8-14/h4-11,13,16-17,20H,12H2,1-3H3. The van der Waals surface area contributed by atoms with Crippen LogP contribution in [0.25, 0.3) is 0 Å². The zero-order valence-corrected chi connectivity index (χ0v) is 13.4. The number of hydrogen-bond acceptors (Lipinski definition) is 3. The summed E-state index contributed by atoms with van der Waals surface area (Å²) in [4.78, 5) is 0. The number of methoxy groups -OCH3 is 2. The van der Waals surface area contributed by atoms with Gasteiger partial charge in [-0.3, -0.25) is 0 Å². The van der Waals surface area contributed by atoms with Gasteiger partial charge in [0.1, 0.15) is 0 Å². The average Bonchev–Trinajstić information content (AvgIpc) is 3.34. The van der Waals surface area contributed by atoms with Crippen molar-refractivity contribution in [2.24, 2.45) is 0 Å². The van der Waals surface area contributed by atoms with Crippen LogP contribution >= 0.6 is 0 Å². The van der Waals surface area contributed by atoms with E-state index in [0.29, 0.717) is 18.0 Å². The van der Waals surface area contributed by atoms with Gasteiger partial charge in [-0.05, 0) is 36.6 Å². The second-order valence-electron chi connectivity index (χ2n) is 5.86. The Morgan fingerprint density at radius 2 is 1.73 bits per heavy atom. The van der Waals surface area contributed by atoms with Crippen molar-refractivity contribution in [2.75, 3.05) is 14.2 Å². The van der Waals surface area contributed by atoms with Crippen molar-refractivity contribution in [3.63, 3.8) is 0 Å². The Kier molecular flexibility index (Phi) is 4.34. The maximum Gasteiger partial charge on any atom is 0.161 e. The normalized spacial score (nSPS) is 21.2. The summed E-state index contributed by atoms with van der Waals surface area (Å²) in [5.41, 5.74) is 2.65. The fourth-order valence-electron chi connectivity index (χ4n) is 2.99. The summed E-state index contributed by atoms with van der Waals surface area (Å²) in [6.45, 7) is 2.20. The molecule has 3 nitrogen and oxygen atoms in total. The van der Waals surface area contributed by atoms with Crippen molar-refractivity contribution in [1.29, 1.82) is 0 Å². The number of benzene rings is 2. The van der Waals surface area contributed by atoms with Crippen LogP contribution in [0.3, 0.4) is 0 Å². The van der Waals surface area contributed by atoms with Gasteiger partial charge in [0.15, 0.2) is 11.5 Å². The minimum Gasteiger partial charge on any atom is -0.493 e. The Hall–Kier alpha value is -2.00. The lowest BCUT2D eigenvalue weighted by Crippen LogP contribution is -2.22. The predicted molar refractivity (Wildman–Crippen MR) is 88.7 cm³/mol. The van der Waals surface area contributed by atoms with E-state index < -0.39 is 0 Å². The summed E-state index contributed by atoms with van der Waals surface area (Å²) >= 11 is 0. The molecule has 0 spiro atoms. The molecule has 116 valence electrons. The summed E-state index contributed by atoms with van der Waals surface area (Å²) in [5.74, 6) is 2.19. The number of ether oxygens (including phenoxy) is 2. The molecule has 2 aromatic carbocycles. The molecule has 1 N–H and O–H groups in total. The van der Waals surface area contributed by atoms with E-state index in [1.165, 1.54) is 17.5 Å². The lowest BCUT2D eigenvalue weighted by Gasteiger charge is -2.16. The molecular weight excluding hydrogens is 274 g/mol. The molecule has 22 heavy (non-hydrogen) atoms. The zero-order valence-electron chi connectivity index (χ0n) is 13.4. The van der Waals surface area contributed by atoms with Crippen LogP contribution in [0.5, 0.6) is 11.5 Å². The molecule has 0 heterocycles. The molecule has 0 aliphatic heterocycles. The molecule has 1 aliphatic carbocycles. The van der Waals surface area contributed by atoms with Crippen LogP contribution in [0.15, 0.2) is 48.5 Å². The summed E-state index contributed by atoms with van der Waals surface area (Å²) in [7, 11) is 3.33. The average molecular weight is 297 g/mol. The van der Waals surface area contributed by atoms with Crippen molar-refractivity contribution in [3.05, 3.63) is 59.7 Å². The monoisotopic (exact) mass is 297 g/mol. The van der Waals surface area contributed by atoms with E-state index in [1.807, 2.05) is 6.07 Å². The highest BCUT2D eigenvalue weighted by molar-refractivity contribution is 5.43. The van der Waals surface area contributed by atoms with E-state index in [0.717, 1.165) is 11.5 Å². The maximum absolute atomic E-state index is 5.39. The molecule has 3 unspecified atom stereocenters. The third-order valence-corrected chi connectivity index (χ3v) is 4.39. The van der Waals surface area contributed by atoms with E-state index in [1.54, 1.807) is 14.2 Å². The second kappa shape index (κ2) is 6.41. The topological polar surface area (TPSA) is 30.5 Å². The van der Waals surface area contributed by atoms with Crippen LogP contribution in [0.2, 0.25) is 0 Å². The van der Waals surface area contributed by atoms with Crippen LogP contribution in [0, 0.1) is 0 Å². The van der Waals surface area contributed by atoms with Crippen molar-refractivity contribution in [3.8, 4) is 11.5 Å². The molecule has 3 heteroatoms. The van der Waals surface area contributed by atoms with Crippen LogP contribution in [0.1, 0.15) is 36.4 Å². The van der Waals surface area contributed by atoms with Crippen molar-refractivity contribution < 1.29 is 9.47 Å². The van der Waals surface area contributed by atoms with Crippen LogP contribution < -0.4 is 14.8 Å². The van der Waals surface area contributed by atoms with Crippen molar-refractivity contribution >= 4 is 0 Å². The summed E-state index contributed by atoms with van der Waals surface area (Å²) < 4.78 is 10.7. The number of rotatable bonds is 6. The molecule has 0 bridgehead atoms. The third kappa shape index (κ3) is 3.09. The molecule has 3 rings (SSSR count). The lowest BCUT2D eigenvalue weighted by atomic mass is 10.1. The van der Waals surface area contributed by atoms with Gasteiger partial charge in [0.05, 0.1) is 14.2 Å². The van der Waals surface area contributed by atoms with Crippen LogP contribution in [0.4, 0.5) is 0 Å². The molecule has 2 aromatic rings. The van der Waals surface area contributed by atoms with E-state index in [4.69, 9.17) is 9.47 Å². The van der Waals surface area contributed by atoms with Gasteiger partial charge in [-0.2, -0.15) is 0 Å². The predicted octanol–water partition coefficient (Wildman–Crippen LogP) is 3.91. The highest BCUT2D eigenvalue weighted by atomic mass is 16.5. The van der Waals surface area contributed by atoms with Gasteiger partial charge in [-0.1, -0.05) is 36.4 Å². The van der Waals surface area contributed by atoms with Crippen molar-refractivity contribution in [1.82, 2.24) is 5.32 Å². The van der Waals surface area contributed by atoms with Crippen LogP contribution in [-0.2, 0) is 0 Å². The summed E-state index contributed by atoms with van der Waals surface area (Å²) in [6.07, 6.45) is 1.21. The van der Waals surface area contributed by atoms with E-state index in [-0.39, 0.29) is 0 Å². The first-order valence-corrected chi connectivity index (χ1v) is 7.76. The first-order valence-electron chi connectivity index (χ1n) is 7.76. The lowest BCUT2D eigenvalue weighted by molar-refractivity contribution is 0.354. The van der Waals surface area contributed by atoms with E-state index in [2.05, 4.69) is 54.7 Å². The highest BCUT2D eigenvalue weighted by Gasteiger charge is 2.38. The Morgan fingerprint density at radius 1 is 1.00 bits per heavy atom. The second-order valence-corrected chi connectivity index (χ2v) is 5.86. The smallest absolute Gasteiger partial charge is 0.161 e. The molecule has 1 fully saturated rings. The van der Waals surface area contributed by atoms with E-state index >= 15 is 0 Å². The SMILES string of the molecule is COc1ccc(C(C)NC2CC2c2ccccc2)cc1OC. The minimum atomic E-state index is 0.290. The van der Waals surface area contributed by atoms with Gasteiger partial charge in [0.2, 0.25) is 0 Å². The Bertz CT molecular complexity index is 627. The third-order valence-electron chi connectivity index (χ3n) is 4.39. The van der Waals surface area contributed by atoms with Gasteiger partial charge >= 0.3 is 0 Å². The van der Waals surface area contributed by atoms with Gasteiger partial charge in [-0.15, -0.1) is 0 Å². The molecule has 0 aromatic heterocycles. The fraction of sp³-hybridized carbons (Fsp3) is 0.368. The Morgan fingerprint density at radius 3 is 2.41 bits per heavy atom. The highest BCUT2D eigenvalue weighted by Crippen LogP contribution is 2.42. The number of nitrogens with one attached hydrogen (secondary N) is 1. The fourth-order valence-corrected chi connectivity index (χ4v) is 2.99. The first-order chi connectivity index (χ1) is 10.7. The minimum absolute atomic E-state index is 0.290. The Balaban J connectivity index is 1.65. The summed E-state index contributed by atoms with van der Waals surface area (Å²) in [5, 5.41) is 3.71. The maximum atomic E-state index is 5.39. The molecule has 0 radical (unpaired) electrons. The quantitative estimate of drug-likeness (QED) is 0.877. The Labute approximate surface area is 132 Å². The van der Waals surface area contributed by atoms with E-state index in [9.17, 15) is 0 Å².